The van der Waals surface area contributed by atoms with Gasteiger partial charge in [-0.1, -0.05) is 36.2 Å². The number of rotatable bonds is 5. The van der Waals surface area contributed by atoms with Crippen molar-refractivity contribution in [1.29, 1.82) is 0 Å². The monoisotopic (exact) mass is 285 g/mol. The van der Waals surface area contributed by atoms with Gasteiger partial charge in [-0.05, 0) is 30.5 Å². The maximum Gasteiger partial charge on any atom is 0.126 e. The van der Waals surface area contributed by atoms with E-state index < -0.39 is 0 Å². The summed E-state index contributed by atoms with van der Waals surface area (Å²) >= 11 is 3.47. The average Bonchev–Trinajstić information content (AvgIpc) is 2.26. The quantitative estimate of drug-likeness (QED) is 0.897. The van der Waals surface area contributed by atoms with Gasteiger partial charge >= 0.3 is 0 Å². The van der Waals surface area contributed by atoms with Gasteiger partial charge in [-0.2, -0.15) is 0 Å². The molecule has 0 spiro atoms. The zero-order valence-corrected chi connectivity index (χ0v) is 11.8. The number of nitrogens with two attached hydrogens (primary N) is 1. The molecule has 1 rings (SSSR count). The Bertz CT molecular complexity index is 352. The first-order chi connectivity index (χ1) is 7.58. The molecule has 0 radical (unpaired) electrons. The fraction of sp³-hybridized carbons (Fsp3) is 0.538. The van der Waals surface area contributed by atoms with E-state index in [4.69, 9.17) is 10.5 Å². The van der Waals surface area contributed by atoms with E-state index in [2.05, 4.69) is 42.8 Å². The molecule has 0 heterocycles. The van der Waals surface area contributed by atoms with Crippen LogP contribution < -0.4 is 10.5 Å². The molecular formula is C13H20BrNO. The second kappa shape index (κ2) is 6.26. The lowest BCUT2D eigenvalue weighted by Crippen LogP contribution is -2.10. The van der Waals surface area contributed by atoms with E-state index in [-0.39, 0.29) is 0 Å². The number of ether oxygens (including phenoxy) is 1. The van der Waals surface area contributed by atoms with Crippen molar-refractivity contribution < 1.29 is 4.74 Å². The third-order valence-corrected chi connectivity index (χ3v) is 3.20. The Balaban J connectivity index is 2.85. The Morgan fingerprint density at radius 3 is 2.69 bits per heavy atom. The van der Waals surface area contributed by atoms with Crippen molar-refractivity contribution in [3.63, 3.8) is 0 Å². The first-order valence-electron chi connectivity index (χ1n) is 5.70. The van der Waals surface area contributed by atoms with E-state index in [1.165, 1.54) is 0 Å². The van der Waals surface area contributed by atoms with E-state index in [1.807, 2.05) is 6.07 Å². The van der Waals surface area contributed by atoms with Gasteiger partial charge in [0.2, 0.25) is 0 Å². The molecule has 0 aliphatic carbocycles. The molecule has 0 aliphatic heterocycles. The lowest BCUT2D eigenvalue weighted by Gasteiger charge is -2.16. The highest BCUT2D eigenvalue weighted by Crippen LogP contribution is 2.28. The fourth-order valence-corrected chi connectivity index (χ4v) is 2.12. The molecule has 3 heteroatoms. The normalized spacial score (nSPS) is 12.6. The molecule has 1 aromatic rings. The Morgan fingerprint density at radius 1 is 1.44 bits per heavy atom. The Labute approximate surface area is 106 Å². The summed E-state index contributed by atoms with van der Waals surface area (Å²) in [5, 5.41) is 0. The standard InChI is InChI=1S/C13H20BrNO/c1-4-9(2)8-16-13-10(3)5-12(14)6-11(13)7-15/h5-6,9H,4,7-8,15H2,1-3H3. The van der Waals surface area contributed by atoms with E-state index in [0.29, 0.717) is 12.5 Å². The highest BCUT2D eigenvalue weighted by Gasteiger charge is 2.09. The van der Waals surface area contributed by atoms with Gasteiger partial charge in [-0.3, -0.25) is 0 Å². The van der Waals surface area contributed by atoms with E-state index in [0.717, 1.165) is 34.4 Å². The predicted octanol–water partition coefficient (Wildman–Crippen LogP) is 3.64. The number of hydrogen-bond acceptors (Lipinski definition) is 2. The van der Waals surface area contributed by atoms with Crippen LogP contribution in [0.25, 0.3) is 0 Å². The van der Waals surface area contributed by atoms with Crippen molar-refractivity contribution in [1.82, 2.24) is 0 Å². The third-order valence-electron chi connectivity index (χ3n) is 2.75. The summed E-state index contributed by atoms with van der Waals surface area (Å²) in [7, 11) is 0. The van der Waals surface area contributed by atoms with Gasteiger partial charge < -0.3 is 10.5 Å². The number of aryl methyl sites for hydroxylation is 1. The minimum atomic E-state index is 0.510. The molecule has 0 aliphatic rings. The molecule has 0 saturated heterocycles. The molecule has 2 nitrogen and oxygen atoms in total. The summed E-state index contributed by atoms with van der Waals surface area (Å²) in [6, 6.07) is 4.09. The summed E-state index contributed by atoms with van der Waals surface area (Å²) in [5.74, 6) is 1.53. The Morgan fingerprint density at radius 2 is 2.12 bits per heavy atom. The first kappa shape index (κ1) is 13.5. The van der Waals surface area contributed by atoms with Crippen molar-refractivity contribution in [2.24, 2.45) is 11.7 Å². The molecule has 16 heavy (non-hydrogen) atoms. The van der Waals surface area contributed by atoms with Gasteiger partial charge in [0.25, 0.3) is 0 Å². The van der Waals surface area contributed by atoms with Gasteiger partial charge in [0.15, 0.2) is 0 Å². The number of benzene rings is 1. The molecule has 0 bridgehead atoms. The fourth-order valence-electron chi connectivity index (χ4n) is 1.50. The molecule has 1 unspecified atom stereocenters. The lowest BCUT2D eigenvalue weighted by atomic mass is 10.1. The molecule has 2 N–H and O–H groups in total. The van der Waals surface area contributed by atoms with Crippen LogP contribution in [0.1, 0.15) is 31.4 Å². The smallest absolute Gasteiger partial charge is 0.126 e. The lowest BCUT2D eigenvalue weighted by molar-refractivity contribution is 0.253. The highest BCUT2D eigenvalue weighted by atomic mass is 79.9. The molecule has 0 aromatic heterocycles. The van der Waals surface area contributed by atoms with Crippen molar-refractivity contribution in [3.8, 4) is 5.75 Å². The van der Waals surface area contributed by atoms with E-state index in [9.17, 15) is 0 Å². The summed E-state index contributed by atoms with van der Waals surface area (Å²) in [6.07, 6.45) is 1.13. The van der Waals surface area contributed by atoms with Crippen molar-refractivity contribution in [2.45, 2.75) is 33.7 Å². The number of hydrogen-bond donors (Lipinski definition) is 1. The van der Waals surface area contributed by atoms with Crippen molar-refractivity contribution >= 4 is 15.9 Å². The van der Waals surface area contributed by atoms with Crippen LogP contribution in [0.3, 0.4) is 0 Å². The van der Waals surface area contributed by atoms with Gasteiger partial charge in [-0.25, -0.2) is 0 Å². The van der Waals surface area contributed by atoms with Gasteiger partial charge in [0.1, 0.15) is 5.75 Å². The molecular weight excluding hydrogens is 266 g/mol. The van der Waals surface area contributed by atoms with E-state index >= 15 is 0 Å². The predicted molar refractivity (Wildman–Crippen MR) is 71.7 cm³/mol. The van der Waals surface area contributed by atoms with Gasteiger partial charge in [-0.15, -0.1) is 0 Å². The maximum absolute atomic E-state index is 5.87. The molecule has 0 saturated carbocycles. The Hall–Kier alpha value is -0.540. The highest BCUT2D eigenvalue weighted by molar-refractivity contribution is 9.10. The second-order valence-electron chi connectivity index (χ2n) is 4.24. The summed E-state index contributed by atoms with van der Waals surface area (Å²) in [4.78, 5) is 0. The molecule has 1 aromatic carbocycles. The largest absolute Gasteiger partial charge is 0.493 e. The van der Waals surface area contributed by atoms with Crippen LogP contribution in [0.4, 0.5) is 0 Å². The van der Waals surface area contributed by atoms with Gasteiger partial charge in [0.05, 0.1) is 6.61 Å². The number of halogens is 1. The summed E-state index contributed by atoms with van der Waals surface area (Å²) in [5.41, 5.74) is 7.93. The molecule has 0 amide bonds. The Kier molecular flexibility index (Phi) is 5.29. The van der Waals surface area contributed by atoms with Gasteiger partial charge in [0, 0.05) is 16.6 Å². The van der Waals surface area contributed by atoms with E-state index in [1.54, 1.807) is 0 Å². The molecule has 0 fully saturated rings. The van der Waals surface area contributed by atoms with Crippen LogP contribution in [0.15, 0.2) is 16.6 Å². The van der Waals surface area contributed by atoms with Crippen molar-refractivity contribution in [2.75, 3.05) is 6.61 Å². The van der Waals surface area contributed by atoms with Crippen LogP contribution in [0, 0.1) is 12.8 Å². The average molecular weight is 286 g/mol. The minimum absolute atomic E-state index is 0.510. The minimum Gasteiger partial charge on any atom is -0.493 e. The van der Waals surface area contributed by atoms with Crippen LogP contribution in [0.5, 0.6) is 5.75 Å². The third kappa shape index (κ3) is 3.49. The van der Waals surface area contributed by atoms with Crippen molar-refractivity contribution in [3.05, 3.63) is 27.7 Å². The first-order valence-corrected chi connectivity index (χ1v) is 6.49. The maximum atomic E-state index is 5.87. The summed E-state index contributed by atoms with van der Waals surface area (Å²) < 4.78 is 6.92. The molecule has 1 atom stereocenters. The topological polar surface area (TPSA) is 35.2 Å². The van der Waals surface area contributed by atoms with Crippen LogP contribution >= 0.6 is 15.9 Å². The SMILES string of the molecule is CCC(C)COc1c(C)cc(Br)cc1CN. The van der Waals surface area contributed by atoms with Crippen LogP contribution in [-0.4, -0.2) is 6.61 Å². The zero-order chi connectivity index (χ0) is 12.1. The zero-order valence-electron chi connectivity index (χ0n) is 10.2. The second-order valence-corrected chi connectivity index (χ2v) is 5.16. The molecule has 90 valence electrons. The van der Waals surface area contributed by atoms with Crippen LogP contribution in [-0.2, 0) is 6.54 Å². The summed E-state index contributed by atoms with van der Waals surface area (Å²) in [6.45, 7) is 7.68. The van der Waals surface area contributed by atoms with Crippen LogP contribution in [0.2, 0.25) is 0 Å².